The van der Waals surface area contributed by atoms with Gasteiger partial charge >= 0.3 is 5.69 Å². The first-order valence-electron chi connectivity index (χ1n) is 8.18. The molecule has 4 rings (SSSR count). The zero-order valence-corrected chi connectivity index (χ0v) is 14.8. The number of ether oxygens (including phenoxy) is 2. The Kier molecular flexibility index (Phi) is 4.00. The van der Waals surface area contributed by atoms with Gasteiger partial charge in [-0.3, -0.25) is 0 Å². The van der Waals surface area contributed by atoms with Crippen LogP contribution in [0.4, 0.5) is 5.82 Å². The van der Waals surface area contributed by atoms with E-state index >= 15 is 0 Å². The largest absolute Gasteiger partial charge is 0.497 e. The molecule has 27 heavy (non-hydrogen) atoms. The van der Waals surface area contributed by atoms with Gasteiger partial charge in [0.15, 0.2) is 5.82 Å². The summed E-state index contributed by atoms with van der Waals surface area (Å²) in [6, 6.07) is 14.5. The lowest BCUT2D eigenvalue weighted by molar-refractivity contribution is 0.395. The lowest BCUT2D eigenvalue weighted by Crippen LogP contribution is -2.19. The maximum atomic E-state index is 12.8. The fourth-order valence-electron chi connectivity index (χ4n) is 2.88. The van der Waals surface area contributed by atoms with Gasteiger partial charge in [-0.15, -0.1) is 5.10 Å². The summed E-state index contributed by atoms with van der Waals surface area (Å²) in [5, 5.41) is 4.32. The summed E-state index contributed by atoms with van der Waals surface area (Å²) in [5.41, 5.74) is 7.88. The molecule has 0 fully saturated rings. The second-order valence-electron chi connectivity index (χ2n) is 5.80. The number of anilines is 1. The zero-order valence-electron chi connectivity index (χ0n) is 14.8. The molecule has 0 aliphatic carbocycles. The number of nitrogens with two attached hydrogens (primary N) is 1. The van der Waals surface area contributed by atoms with E-state index in [9.17, 15) is 4.79 Å². The molecule has 2 aromatic carbocycles. The van der Waals surface area contributed by atoms with Crippen LogP contribution in [0.1, 0.15) is 0 Å². The first-order chi connectivity index (χ1) is 13.1. The van der Waals surface area contributed by atoms with Crippen LogP contribution in [-0.4, -0.2) is 33.4 Å². The van der Waals surface area contributed by atoms with Gasteiger partial charge in [-0.2, -0.15) is 4.68 Å². The Morgan fingerprint density at radius 1 is 1.04 bits per heavy atom. The molecule has 8 heteroatoms. The second-order valence-corrected chi connectivity index (χ2v) is 5.80. The molecule has 0 bridgehead atoms. The molecule has 0 atom stereocenters. The zero-order chi connectivity index (χ0) is 19.0. The number of benzene rings is 2. The molecule has 0 spiro atoms. The third-order valence-corrected chi connectivity index (χ3v) is 4.22. The summed E-state index contributed by atoms with van der Waals surface area (Å²) in [4.78, 5) is 17.3. The van der Waals surface area contributed by atoms with Crippen molar-refractivity contribution >= 4 is 11.5 Å². The number of hydrogen-bond donors (Lipinski definition) is 1. The van der Waals surface area contributed by atoms with E-state index < -0.39 is 0 Å². The predicted octanol–water partition coefficient (Wildman–Crippen LogP) is 2.15. The van der Waals surface area contributed by atoms with Crippen LogP contribution in [0.5, 0.6) is 11.5 Å². The quantitative estimate of drug-likeness (QED) is 0.597. The molecule has 0 radical (unpaired) electrons. The van der Waals surface area contributed by atoms with Crippen LogP contribution in [-0.2, 0) is 0 Å². The van der Waals surface area contributed by atoms with Crippen molar-refractivity contribution in [3.8, 4) is 28.4 Å². The lowest BCUT2D eigenvalue weighted by Gasteiger charge is -2.10. The molecule has 136 valence electrons. The van der Waals surface area contributed by atoms with Crippen molar-refractivity contribution in [2.75, 3.05) is 20.0 Å². The number of fused-ring (bicyclic) bond motifs is 1. The number of hydrogen-bond acceptors (Lipinski definition) is 6. The lowest BCUT2D eigenvalue weighted by atomic mass is 10.1. The standard InChI is InChI=1S/C19H17N5O3/c1-26-13-8-9-14(16(10-13)27-2)15-11-23-18(17(20)21-15)22-24(19(23)25)12-6-4-3-5-7-12/h3-11H,1-2H3,(H2,20,21). The summed E-state index contributed by atoms with van der Waals surface area (Å²) in [7, 11) is 3.13. The highest BCUT2D eigenvalue weighted by molar-refractivity contribution is 5.72. The number of para-hydroxylation sites is 1. The van der Waals surface area contributed by atoms with Crippen LogP contribution in [0.3, 0.4) is 0 Å². The summed E-state index contributed by atoms with van der Waals surface area (Å²) < 4.78 is 13.3. The van der Waals surface area contributed by atoms with Gasteiger partial charge in [-0.25, -0.2) is 14.2 Å². The molecule has 4 aromatic rings. The van der Waals surface area contributed by atoms with Gasteiger partial charge < -0.3 is 15.2 Å². The van der Waals surface area contributed by atoms with Crippen LogP contribution in [0.25, 0.3) is 22.6 Å². The predicted molar refractivity (Wildman–Crippen MR) is 102 cm³/mol. The van der Waals surface area contributed by atoms with Crippen LogP contribution in [0.2, 0.25) is 0 Å². The van der Waals surface area contributed by atoms with Gasteiger partial charge in [0.2, 0.25) is 5.65 Å². The second kappa shape index (κ2) is 6.49. The molecule has 0 aliphatic heterocycles. The average molecular weight is 363 g/mol. The molecule has 2 N–H and O–H groups in total. The highest BCUT2D eigenvalue weighted by Gasteiger charge is 2.16. The first kappa shape index (κ1) is 16.6. The minimum Gasteiger partial charge on any atom is -0.497 e. The number of nitrogen functional groups attached to an aromatic ring is 1. The molecule has 0 saturated heterocycles. The van der Waals surface area contributed by atoms with Gasteiger partial charge in [-0.05, 0) is 24.3 Å². The monoisotopic (exact) mass is 363 g/mol. The maximum Gasteiger partial charge on any atom is 0.355 e. The van der Waals surface area contributed by atoms with Crippen molar-refractivity contribution < 1.29 is 9.47 Å². The number of rotatable bonds is 4. The van der Waals surface area contributed by atoms with E-state index in [0.29, 0.717) is 34.1 Å². The van der Waals surface area contributed by atoms with Crippen LogP contribution < -0.4 is 20.9 Å². The van der Waals surface area contributed by atoms with Crippen molar-refractivity contribution in [2.24, 2.45) is 0 Å². The summed E-state index contributed by atoms with van der Waals surface area (Å²) in [5.74, 6) is 1.36. The van der Waals surface area contributed by atoms with Crippen LogP contribution in [0, 0.1) is 0 Å². The molecule has 0 unspecified atom stereocenters. The summed E-state index contributed by atoms with van der Waals surface area (Å²) >= 11 is 0. The SMILES string of the molecule is COc1ccc(-c2cn3c(=O)n(-c4ccccc4)nc3c(N)n2)c(OC)c1. The van der Waals surface area contributed by atoms with Crippen molar-refractivity contribution in [3.05, 3.63) is 65.2 Å². The molecule has 0 aliphatic rings. The van der Waals surface area contributed by atoms with Crippen LogP contribution >= 0.6 is 0 Å². The van der Waals surface area contributed by atoms with E-state index in [1.165, 1.54) is 9.08 Å². The highest BCUT2D eigenvalue weighted by atomic mass is 16.5. The minimum absolute atomic E-state index is 0.150. The Morgan fingerprint density at radius 2 is 1.81 bits per heavy atom. The van der Waals surface area contributed by atoms with Crippen LogP contribution in [0.15, 0.2) is 59.5 Å². The molecular formula is C19H17N5O3. The number of aromatic nitrogens is 4. The normalized spacial score (nSPS) is 10.9. The topological polar surface area (TPSA) is 96.7 Å². The van der Waals surface area contributed by atoms with E-state index in [-0.39, 0.29) is 11.5 Å². The molecule has 0 amide bonds. The van der Waals surface area contributed by atoms with Gasteiger partial charge in [0, 0.05) is 17.8 Å². The van der Waals surface area contributed by atoms with E-state index in [0.717, 1.165) is 0 Å². The average Bonchev–Trinajstić information content (AvgIpc) is 3.05. The molecular weight excluding hydrogens is 346 g/mol. The van der Waals surface area contributed by atoms with E-state index in [4.69, 9.17) is 15.2 Å². The summed E-state index contributed by atoms with van der Waals surface area (Å²) in [6.07, 6.45) is 1.60. The Morgan fingerprint density at radius 3 is 2.52 bits per heavy atom. The van der Waals surface area contributed by atoms with Crippen molar-refractivity contribution in [3.63, 3.8) is 0 Å². The van der Waals surface area contributed by atoms with E-state index in [1.54, 1.807) is 50.7 Å². The number of methoxy groups -OCH3 is 2. The smallest absolute Gasteiger partial charge is 0.355 e. The Bertz CT molecular complexity index is 1180. The fourth-order valence-corrected chi connectivity index (χ4v) is 2.88. The number of nitrogens with zero attached hydrogens (tertiary/aromatic N) is 4. The third kappa shape index (κ3) is 2.77. The first-order valence-corrected chi connectivity index (χ1v) is 8.18. The molecule has 2 heterocycles. The highest BCUT2D eigenvalue weighted by Crippen LogP contribution is 2.32. The minimum atomic E-state index is -0.334. The van der Waals surface area contributed by atoms with E-state index in [2.05, 4.69) is 10.1 Å². The fraction of sp³-hybridized carbons (Fsp3) is 0.105. The van der Waals surface area contributed by atoms with Crippen molar-refractivity contribution in [1.29, 1.82) is 0 Å². The Labute approximate surface area is 154 Å². The Balaban J connectivity index is 1.93. The maximum absolute atomic E-state index is 12.8. The van der Waals surface area contributed by atoms with Crippen molar-refractivity contribution in [2.45, 2.75) is 0 Å². The van der Waals surface area contributed by atoms with Gasteiger partial charge in [0.25, 0.3) is 0 Å². The summed E-state index contributed by atoms with van der Waals surface area (Å²) in [6.45, 7) is 0. The van der Waals surface area contributed by atoms with Gasteiger partial charge in [0.1, 0.15) is 11.5 Å². The Hall–Kier alpha value is -3.81. The van der Waals surface area contributed by atoms with E-state index in [1.807, 2.05) is 18.2 Å². The molecule has 8 nitrogen and oxygen atoms in total. The third-order valence-electron chi connectivity index (χ3n) is 4.22. The van der Waals surface area contributed by atoms with Gasteiger partial charge in [-0.1, -0.05) is 18.2 Å². The molecule has 0 saturated carbocycles. The van der Waals surface area contributed by atoms with Crippen molar-refractivity contribution in [1.82, 2.24) is 19.2 Å². The van der Waals surface area contributed by atoms with Gasteiger partial charge in [0.05, 0.1) is 25.6 Å². The molecule has 2 aromatic heterocycles.